The fourth-order valence-corrected chi connectivity index (χ4v) is 4.94. The van der Waals surface area contributed by atoms with Gasteiger partial charge in [-0.2, -0.15) is 5.26 Å². The van der Waals surface area contributed by atoms with Crippen LogP contribution in [0.5, 0.6) is 0 Å². The Morgan fingerprint density at radius 1 is 1.07 bits per heavy atom. The Kier molecular flexibility index (Phi) is 6.53. The predicted octanol–water partition coefficient (Wildman–Crippen LogP) is 3.45. The first-order chi connectivity index (χ1) is 14.8. The van der Waals surface area contributed by atoms with Gasteiger partial charge < -0.3 is 14.6 Å². The largest absolute Gasteiger partial charge is 0.463 e. The third-order valence-corrected chi connectivity index (χ3v) is 6.60. The second-order valence-corrected chi connectivity index (χ2v) is 8.43. The van der Waals surface area contributed by atoms with Gasteiger partial charge in [-0.1, -0.05) is 36.0 Å². The van der Waals surface area contributed by atoms with Gasteiger partial charge in [0.2, 0.25) is 0 Å². The second kappa shape index (κ2) is 9.66. The van der Waals surface area contributed by atoms with Crippen molar-refractivity contribution in [2.24, 2.45) is 0 Å². The molecule has 2 heterocycles. The van der Waals surface area contributed by atoms with E-state index in [0.717, 1.165) is 28.6 Å². The molecule has 1 amide bonds. The van der Waals surface area contributed by atoms with Crippen LogP contribution in [0.25, 0.3) is 0 Å². The molecule has 0 spiro atoms. The lowest BCUT2D eigenvalue weighted by atomic mass is 10.1. The van der Waals surface area contributed by atoms with Gasteiger partial charge in [0, 0.05) is 22.6 Å². The summed E-state index contributed by atoms with van der Waals surface area (Å²) in [5, 5.41) is 12.5. The number of nitrogens with one attached hydrogen (secondary N) is 2. The first-order valence-corrected chi connectivity index (χ1v) is 11.0. The fraction of sp³-hybridized carbons (Fsp3) is 0.250. The molecule has 152 valence electrons. The van der Waals surface area contributed by atoms with Gasteiger partial charge >= 0.3 is 0 Å². The van der Waals surface area contributed by atoms with Crippen LogP contribution < -0.4 is 10.2 Å². The average Bonchev–Trinajstić information content (AvgIpc) is 3.50. The molecule has 3 aromatic rings. The summed E-state index contributed by atoms with van der Waals surface area (Å²) in [6, 6.07) is 21.2. The Labute approximate surface area is 180 Å². The number of furan rings is 1. The topological polar surface area (TPSA) is 70.5 Å². The molecule has 2 N–H and O–H groups in total. The zero-order chi connectivity index (χ0) is 20.8. The molecule has 2 aromatic carbocycles. The van der Waals surface area contributed by atoms with Crippen LogP contribution in [0.15, 0.2) is 81.1 Å². The number of carbonyl (C=O) groups is 1. The van der Waals surface area contributed by atoms with Crippen LogP contribution >= 0.6 is 11.8 Å². The number of quaternary nitrogens is 1. The number of nitrogens with zero attached hydrogens (tertiary/aromatic N) is 1. The van der Waals surface area contributed by atoms with E-state index in [2.05, 4.69) is 11.4 Å². The molecule has 1 fully saturated rings. The fourth-order valence-electron chi connectivity index (χ4n) is 3.91. The van der Waals surface area contributed by atoms with Gasteiger partial charge in [0.25, 0.3) is 5.91 Å². The lowest BCUT2D eigenvalue weighted by molar-refractivity contribution is -0.919. The molecular weight excluding hydrogens is 394 g/mol. The molecule has 4 rings (SSSR count). The predicted molar refractivity (Wildman–Crippen MR) is 115 cm³/mol. The molecule has 6 heteroatoms. The van der Waals surface area contributed by atoms with Gasteiger partial charge in [-0.3, -0.25) is 4.79 Å². The Morgan fingerprint density at radius 3 is 2.53 bits per heavy atom. The van der Waals surface area contributed by atoms with Crippen LogP contribution in [-0.2, 0) is 0 Å². The summed E-state index contributed by atoms with van der Waals surface area (Å²) in [6.07, 6.45) is 4.11. The van der Waals surface area contributed by atoms with Gasteiger partial charge in [-0.25, -0.2) is 0 Å². The van der Waals surface area contributed by atoms with Gasteiger partial charge in [0.1, 0.15) is 6.07 Å². The Hall–Kier alpha value is -3.01. The average molecular weight is 419 g/mol. The highest BCUT2D eigenvalue weighted by molar-refractivity contribution is 7.99. The standard InChI is InChI=1S/C24H23N3O2S/c25-16-18-8-1-3-11-22(18)30-23-12-4-2-9-19(23)24(28)26-17-20(21-10-7-15-29-21)27-13-5-6-14-27/h1-4,7-12,15,20H,5-6,13-14,17H2,(H,26,28)/p+1/t20-/m0/s1. The number of carbonyl (C=O) groups excluding carboxylic acids is 1. The molecule has 0 saturated carbocycles. The van der Waals surface area contributed by atoms with E-state index in [1.165, 1.54) is 29.5 Å². The number of benzene rings is 2. The summed E-state index contributed by atoms with van der Waals surface area (Å²) in [7, 11) is 0. The molecule has 1 aliphatic rings. The molecule has 30 heavy (non-hydrogen) atoms. The Bertz CT molecular complexity index is 1040. The van der Waals surface area contributed by atoms with E-state index in [0.29, 0.717) is 17.7 Å². The zero-order valence-corrected chi connectivity index (χ0v) is 17.5. The van der Waals surface area contributed by atoms with Crippen molar-refractivity contribution in [3.05, 3.63) is 83.8 Å². The molecule has 5 nitrogen and oxygen atoms in total. The number of rotatable bonds is 7. The molecule has 1 atom stereocenters. The van der Waals surface area contributed by atoms with Gasteiger partial charge in [0.05, 0.1) is 37.0 Å². The smallest absolute Gasteiger partial charge is 0.252 e. The molecule has 0 bridgehead atoms. The maximum absolute atomic E-state index is 13.1. The monoisotopic (exact) mass is 418 g/mol. The molecule has 0 aliphatic carbocycles. The molecule has 0 unspecified atom stereocenters. The van der Waals surface area contributed by atoms with Crippen molar-refractivity contribution in [2.75, 3.05) is 19.6 Å². The minimum absolute atomic E-state index is 0.109. The molecular formula is C24H24N3O2S+. The molecule has 0 radical (unpaired) electrons. The first kappa shape index (κ1) is 20.3. The van der Waals surface area contributed by atoms with Crippen LogP contribution in [0.4, 0.5) is 0 Å². The minimum atomic E-state index is -0.109. The van der Waals surface area contributed by atoms with Gasteiger partial charge in [-0.05, 0) is 36.4 Å². The number of hydrogen-bond donors (Lipinski definition) is 2. The molecule has 1 aromatic heterocycles. The number of nitriles is 1. The second-order valence-electron chi connectivity index (χ2n) is 7.35. The van der Waals surface area contributed by atoms with Crippen LogP contribution in [0, 0.1) is 11.3 Å². The van der Waals surface area contributed by atoms with Crippen LogP contribution in [0.2, 0.25) is 0 Å². The van der Waals surface area contributed by atoms with E-state index in [9.17, 15) is 10.1 Å². The van der Waals surface area contributed by atoms with Crippen molar-refractivity contribution >= 4 is 17.7 Å². The van der Waals surface area contributed by atoms with Crippen molar-refractivity contribution in [1.29, 1.82) is 5.26 Å². The van der Waals surface area contributed by atoms with Gasteiger partial charge in [-0.15, -0.1) is 0 Å². The summed E-state index contributed by atoms with van der Waals surface area (Å²) in [5.41, 5.74) is 1.22. The van der Waals surface area contributed by atoms with Crippen molar-refractivity contribution in [1.82, 2.24) is 5.32 Å². The number of hydrogen-bond acceptors (Lipinski definition) is 4. The zero-order valence-electron chi connectivity index (χ0n) is 16.6. The Morgan fingerprint density at radius 2 is 1.80 bits per heavy atom. The summed E-state index contributed by atoms with van der Waals surface area (Å²) >= 11 is 1.44. The summed E-state index contributed by atoms with van der Waals surface area (Å²) in [5.74, 6) is 0.806. The third-order valence-electron chi connectivity index (χ3n) is 5.45. The van der Waals surface area contributed by atoms with E-state index in [-0.39, 0.29) is 11.9 Å². The summed E-state index contributed by atoms with van der Waals surface area (Å²) < 4.78 is 5.67. The molecule has 1 saturated heterocycles. The van der Waals surface area contributed by atoms with Crippen molar-refractivity contribution in [3.8, 4) is 6.07 Å². The highest BCUT2D eigenvalue weighted by Gasteiger charge is 2.30. The number of amides is 1. The lowest BCUT2D eigenvalue weighted by Gasteiger charge is -2.23. The van der Waals surface area contributed by atoms with E-state index in [4.69, 9.17) is 4.42 Å². The lowest BCUT2D eigenvalue weighted by Crippen LogP contribution is -3.11. The van der Waals surface area contributed by atoms with Crippen molar-refractivity contribution < 1.29 is 14.1 Å². The number of likely N-dealkylation sites (tertiary alicyclic amines) is 1. The van der Waals surface area contributed by atoms with Crippen LogP contribution in [0.1, 0.15) is 40.6 Å². The van der Waals surface area contributed by atoms with E-state index >= 15 is 0 Å². The highest BCUT2D eigenvalue weighted by Crippen LogP contribution is 2.32. The van der Waals surface area contributed by atoms with Crippen LogP contribution in [-0.4, -0.2) is 25.5 Å². The quantitative estimate of drug-likeness (QED) is 0.617. The minimum Gasteiger partial charge on any atom is -0.463 e. The molecule has 1 aliphatic heterocycles. The summed E-state index contributed by atoms with van der Waals surface area (Å²) in [6.45, 7) is 2.71. The van der Waals surface area contributed by atoms with E-state index < -0.39 is 0 Å². The SMILES string of the molecule is N#Cc1ccccc1Sc1ccccc1C(=O)NC[C@@H](c1ccco1)[NH+]1CCCC1. The maximum Gasteiger partial charge on any atom is 0.252 e. The normalized spacial score (nSPS) is 14.9. The Balaban J connectivity index is 1.50. The van der Waals surface area contributed by atoms with E-state index in [1.54, 1.807) is 12.3 Å². The third kappa shape index (κ3) is 4.59. The van der Waals surface area contributed by atoms with Crippen molar-refractivity contribution in [3.63, 3.8) is 0 Å². The van der Waals surface area contributed by atoms with Crippen LogP contribution in [0.3, 0.4) is 0 Å². The first-order valence-electron chi connectivity index (χ1n) is 10.2. The maximum atomic E-state index is 13.1. The van der Waals surface area contributed by atoms with Gasteiger partial charge in [0.15, 0.2) is 11.8 Å². The summed E-state index contributed by atoms with van der Waals surface area (Å²) in [4.78, 5) is 16.2. The highest BCUT2D eigenvalue weighted by atomic mass is 32.2. The van der Waals surface area contributed by atoms with E-state index in [1.807, 2.05) is 54.6 Å². The van der Waals surface area contributed by atoms with Crippen molar-refractivity contribution in [2.45, 2.75) is 28.7 Å².